The van der Waals surface area contributed by atoms with Gasteiger partial charge in [0.15, 0.2) is 0 Å². The maximum Gasteiger partial charge on any atom is 0.291 e. The molecule has 5 rings (SSSR count). The number of rotatable bonds is 5. The lowest BCUT2D eigenvalue weighted by Gasteiger charge is -2.10. The van der Waals surface area contributed by atoms with Crippen molar-refractivity contribution in [2.24, 2.45) is 0 Å². The Kier molecular flexibility index (Phi) is 4.88. The molecule has 1 aromatic heterocycles. The van der Waals surface area contributed by atoms with Gasteiger partial charge in [-0.3, -0.25) is 14.8 Å². The molecule has 4 aromatic rings. The number of nitrogens with one attached hydrogen (secondary N) is 2. The van der Waals surface area contributed by atoms with Crippen LogP contribution in [-0.4, -0.2) is 24.5 Å². The summed E-state index contributed by atoms with van der Waals surface area (Å²) < 4.78 is 28.2. The molecule has 0 atom stereocenters. The maximum absolute atomic E-state index is 12.9. The van der Waals surface area contributed by atoms with Crippen LogP contribution in [-0.2, 0) is 22.9 Å². The fraction of sp³-hybridized carbons (Fsp3) is 0.0952. The number of halogens is 1. The SMILES string of the molecule is O=C(Nc1nnc(S(=O)(=O)Nc2ccc3c4c(cccc24)CC3)s1)c1ccc(Cl)cc1. The van der Waals surface area contributed by atoms with Crippen LogP contribution < -0.4 is 10.0 Å². The lowest BCUT2D eigenvalue weighted by atomic mass is 10.0. The van der Waals surface area contributed by atoms with Crippen LogP contribution in [0, 0.1) is 0 Å². The highest BCUT2D eigenvalue weighted by molar-refractivity contribution is 7.94. The number of nitrogens with zero attached hydrogens (tertiary/aromatic N) is 2. The number of hydrogen-bond donors (Lipinski definition) is 2. The van der Waals surface area contributed by atoms with Gasteiger partial charge in [-0.2, -0.15) is 8.42 Å². The highest BCUT2D eigenvalue weighted by Gasteiger charge is 2.24. The van der Waals surface area contributed by atoms with E-state index >= 15 is 0 Å². The molecule has 1 heterocycles. The molecule has 0 radical (unpaired) electrons. The van der Waals surface area contributed by atoms with E-state index in [1.165, 1.54) is 11.1 Å². The third-order valence-electron chi connectivity index (χ3n) is 5.08. The molecule has 156 valence electrons. The molecule has 1 amide bonds. The fourth-order valence-electron chi connectivity index (χ4n) is 3.66. The Morgan fingerprint density at radius 1 is 0.968 bits per heavy atom. The summed E-state index contributed by atoms with van der Waals surface area (Å²) >= 11 is 6.61. The quantitative estimate of drug-likeness (QED) is 0.418. The summed E-state index contributed by atoms with van der Waals surface area (Å²) in [6.07, 6.45) is 1.91. The molecule has 2 N–H and O–H groups in total. The number of sulfonamides is 1. The Labute approximate surface area is 187 Å². The molecule has 0 fully saturated rings. The predicted molar refractivity (Wildman–Crippen MR) is 121 cm³/mol. The highest BCUT2D eigenvalue weighted by Crippen LogP contribution is 2.36. The average Bonchev–Trinajstić information content (AvgIpc) is 3.39. The number of benzene rings is 3. The van der Waals surface area contributed by atoms with Crippen molar-refractivity contribution in [2.75, 3.05) is 10.0 Å². The van der Waals surface area contributed by atoms with Gasteiger partial charge in [0.2, 0.25) is 5.13 Å². The summed E-state index contributed by atoms with van der Waals surface area (Å²) in [7, 11) is -3.97. The van der Waals surface area contributed by atoms with Gasteiger partial charge >= 0.3 is 0 Å². The summed E-state index contributed by atoms with van der Waals surface area (Å²) in [5, 5.41) is 12.7. The molecule has 0 bridgehead atoms. The number of carbonyl (C=O) groups is 1. The van der Waals surface area contributed by atoms with E-state index in [1.54, 1.807) is 30.3 Å². The van der Waals surface area contributed by atoms with Crippen LogP contribution >= 0.6 is 22.9 Å². The second kappa shape index (κ2) is 7.60. The Morgan fingerprint density at radius 3 is 2.48 bits per heavy atom. The largest absolute Gasteiger partial charge is 0.296 e. The van der Waals surface area contributed by atoms with Crippen LogP contribution in [0.2, 0.25) is 5.02 Å². The smallest absolute Gasteiger partial charge is 0.291 e. The van der Waals surface area contributed by atoms with Crippen LogP contribution in [0.5, 0.6) is 0 Å². The molecule has 0 saturated heterocycles. The Morgan fingerprint density at radius 2 is 1.71 bits per heavy atom. The number of anilines is 2. The van der Waals surface area contributed by atoms with Crippen molar-refractivity contribution in [1.82, 2.24) is 10.2 Å². The number of carbonyl (C=O) groups excluding carboxylic acids is 1. The highest BCUT2D eigenvalue weighted by atomic mass is 35.5. The molecule has 31 heavy (non-hydrogen) atoms. The standard InChI is InChI=1S/C21H15ClN4O3S2/c22-15-9-6-14(7-10-15)19(27)23-20-24-25-21(30-20)31(28,29)26-17-11-8-13-5-4-12-2-1-3-16(17)18(12)13/h1-3,6-11,26H,4-5H2,(H,23,24,27). The van der Waals surface area contributed by atoms with Crippen molar-refractivity contribution in [3.8, 4) is 0 Å². The van der Waals surface area contributed by atoms with Crippen molar-refractivity contribution in [1.29, 1.82) is 0 Å². The van der Waals surface area contributed by atoms with Gasteiger partial charge < -0.3 is 0 Å². The van der Waals surface area contributed by atoms with Crippen LogP contribution in [0.4, 0.5) is 10.8 Å². The number of amides is 1. The Bertz CT molecular complexity index is 1420. The third kappa shape index (κ3) is 3.76. The zero-order valence-corrected chi connectivity index (χ0v) is 18.3. The molecule has 10 heteroatoms. The van der Waals surface area contributed by atoms with Gasteiger partial charge in [-0.25, -0.2) is 0 Å². The molecule has 0 saturated carbocycles. The lowest BCUT2D eigenvalue weighted by Crippen LogP contribution is -2.13. The van der Waals surface area contributed by atoms with E-state index < -0.39 is 15.9 Å². The number of hydrogen-bond acceptors (Lipinski definition) is 6. The van der Waals surface area contributed by atoms with E-state index in [0.717, 1.165) is 35.0 Å². The van der Waals surface area contributed by atoms with E-state index in [4.69, 9.17) is 11.6 Å². The molecule has 0 unspecified atom stereocenters. The van der Waals surface area contributed by atoms with Gasteiger partial charge in [-0.15, -0.1) is 10.2 Å². The van der Waals surface area contributed by atoms with Crippen LogP contribution in [0.15, 0.2) is 58.9 Å². The van der Waals surface area contributed by atoms with Gasteiger partial charge in [0.05, 0.1) is 5.69 Å². The van der Waals surface area contributed by atoms with E-state index in [9.17, 15) is 13.2 Å². The van der Waals surface area contributed by atoms with E-state index in [-0.39, 0.29) is 9.47 Å². The van der Waals surface area contributed by atoms with Crippen LogP contribution in [0.25, 0.3) is 10.8 Å². The second-order valence-corrected chi connectivity index (χ2v) is 10.3. The molecular weight excluding hydrogens is 456 g/mol. The molecule has 1 aliphatic carbocycles. The van der Waals surface area contributed by atoms with Gasteiger partial charge in [0, 0.05) is 16.0 Å². The van der Waals surface area contributed by atoms with Crippen molar-refractivity contribution in [3.05, 3.63) is 76.3 Å². The summed E-state index contributed by atoms with van der Waals surface area (Å²) in [6, 6.07) is 15.9. The summed E-state index contributed by atoms with van der Waals surface area (Å²) in [5.74, 6) is -0.433. The first-order chi connectivity index (χ1) is 14.9. The molecular formula is C21H15ClN4O3S2. The minimum atomic E-state index is -3.97. The molecule has 7 nitrogen and oxygen atoms in total. The minimum absolute atomic E-state index is 0.0840. The zero-order chi connectivity index (χ0) is 21.6. The van der Waals surface area contributed by atoms with E-state index in [0.29, 0.717) is 16.3 Å². The first-order valence-corrected chi connectivity index (χ1v) is 12.1. The monoisotopic (exact) mass is 470 g/mol. The molecule has 0 aliphatic heterocycles. The molecule has 0 spiro atoms. The number of aryl methyl sites for hydroxylation is 2. The van der Waals surface area contributed by atoms with Crippen molar-refractivity contribution < 1.29 is 13.2 Å². The maximum atomic E-state index is 12.9. The normalized spacial score (nSPS) is 12.8. The van der Waals surface area contributed by atoms with Gasteiger partial charge in [0.1, 0.15) is 0 Å². The Hall–Kier alpha value is -3.01. The zero-order valence-electron chi connectivity index (χ0n) is 15.9. The topological polar surface area (TPSA) is 101 Å². The van der Waals surface area contributed by atoms with Gasteiger partial charge in [0.25, 0.3) is 20.3 Å². The summed E-state index contributed by atoms with van der Waals surface area (Å²) in [6.45, 7) is 0. The third-order valence-corrected chi connectivity index (χ3v) is 7.91. The predicted octanol–water partition coefficient (Wildman–Crippen LogP) is 4.50. The first-order valence-electron chi connectivity index (χ1n) is 9.37. The minimum Gasteiger partial charge on any atom is -0.296 e. The summed E-state index contributed by atoms with van der Waals surface area (Å²) in [5.41, 5.74) is 3.30. The van der Waals surface area contributed by atoms with Crippen LogP contribution in [0.3, 0.4) is 0 Å². The molecule has 3 aromatic carbocycles. The molecule has 1 aliphatic rings. The number of aromatic nitrogens is 2. The fourth-order valence-corrected chi connectivity index (χ4v) is 5.77. The van der Waals surface area contributed by atoms with Gasteiger partial charge in [-0.05, 0) is 59.7 Å². The van der Waals surface area contributed by atoms with Crippen LogP contribution in [0.1, 0.15) is 21.5 Å². The average molecular weight is 471 g/mol. The Balaban J connectivity index is 1.39. The van der Waals surface area contributed by atoms with Gasteiger partial charge in [-0.1, -0.05) is 47.2 Å². The second-order valence-electron chi connectivity index (χ2n) is 7.05. The summed E-state index contributed by atoms with van der Waals surface area (Å²) in [4.78, 5) is 12.3. The van der Waals surface area contributed by atoms with E-state index in [1.807, 2.05) is 18.2 Å². The van der Waals surface area contributed by atoms with Crippen molar-refractivity contribution in [2.45, 2.75) is 17.2 Å². The lowest BCUT2D eigenvalue weighted by molar-refractivity contribution is 0.102. The van der Waals surface area contributed by atoms with E-state index in [2.05, 4.69) is 26.3 Å². The first kappa shape index (κ1) is 19.9. The van der Waals surface area contributed by atoms with Crippen molar-refractivity contribution in [3.63, 3.8) is 0 Å². The van der Waals surface area contributed by atoms with Crippen molar-refractivity contribution >= 4 is 60.5 Å².